The van der Waals surface area contributed by atoms with E-state index in [0.29, 0.717) is 17.4 Å². The highest BCUT2D eigenvalue weighted by molar-refractivity contribution is 6.01. The van der Waals surface area contributed by atoms with Gasteiger partial charge in [0, 0.05) is 62.5 Å². The summed E-state index contributed by atoms with van der Waals surface area (Å²) in [7, 11) is 3.78. The quantitative estimate of drug-likeness (QED) is 0.399. The number of carbonyl (C=O) groups is 1. The molecule has 5 heterocycles. The van der Waals surface area contributed by atoms with Crippen LogP contribution in [0, 0.1) is 0 Å². The second kappa shape index (κ2) is 9.48. The summed E-state index contributed by atoms with van der Waals surface area (Å²) in [6, 6.07) is 6.26. The number of likely N-dealkylation sites (N-methyl/N-ethyl adjacent to an activating group) is 1. The molecule has 0 amide bonds. The third-order valence-electron chi connectivity index (χ3n) is 7.74. The first-order valence-electron chi connectivity index (χ1n) is 12.6. The van der Waals surface area contributed by atoms with Crippen molar-refractivity contribution >= 4 is 28.5 Å². The second-order valence-electron chi connectivity index (χ2n) is 9.78. The minimum Gasteiger partial charge on any atom is -0.496 e. The topological polar surface area (TPSA) is 79.1 Å². The minimum atomic E-state index is 0.480. The highest BCUT2D eigenvalue weighted by Gasteiger charge is 2.27. The van der Waals surface area contributed by atoms with E-state index in [2.05, 4.69) is 38.0 Å². The molecule has 2 fully saturated rings. The van der Waals surface area contributed by atoms with Gasteiger partial charge in [-0.15, -0.1) is 0 Å². The summed E-state index contributed by atoms with van der Waals surface area (Å²) in [5.74, 6) is 0.526. The summed E-state index contributed by atoms with van der Waals surface area (Å²) in [6.07, 6.45) is 10.8. The number of aromatic nitrogens is 4. The van der Waals surface area contributed by atoms with Gasteiger partial charge in [0.15, 0.2) is 11.9 Å². The number of piperazine rings is 1. The lowest BCUT2D eigenvalue weighted by Gasteiger charge is -2.42. The summed E-state index contributed by atoms with van der Waals surface area (Å²) >= 11 is 0. The molecule has 36 heavy (non-hydrogen) atoms. The Morgan fingerprint density at radius 3 is 2.56 bits per heavy atom. The molecule has 6 rings (SSSR count). The smallest absolute Gasteiger partial charge is 0.162 e. The zero-order valence-electron chi connectivity index (χ0n) is 20.8. The van der Waals surface area contributed by atoms with Crippen LogP contribution in [-0.2, 0) is 0 Å². The average molecular weight is 486 g/mol. The summed E-state index contributed by atoms with van der Waals surface area (Å²) in [5.41, 5.74) is 4.98. The van der Waals surface area contributed by atoms with Gasteiger partial charge in [0.25, 0.3) is 0 Å². The van der Waals surface area contributed by atoms with Crippen molar-refractivity contribution in [3.63, 3.8) is 0 Å². The molecule has 9 nitrogen and oxygen atoms in total. The van der Waals surface area contributed by atoms with Crippen LogP contribution in [0.5, 0.6) is 5.75 Å². The number of piperidine rings is 1. The monoisotopic (exact) mass is 485 g/mol. The number of anilines is 1. The Kier molecular flexibility index (Phi) is 6.02. The number of carbonyl (C=O) groups excluding carboxylic acids is 1. The SMILES string of the molecule is COc1cc2c(-c3cnn4cc(N5CCC(N6CCN(C)CC6)CC5)cnc34)ccnc2cc1C=O. The molecule has 0 bridgehead atoms. The molecule has 0 spiro atoms. The molecular formula is C27H31N7O2. The fourth-order valence-electron chi connectivity index (χ4n) is 5.59. The number of hydrogen-bond donors (Lipinski definition) is 0. The predicted molar refractivity (Wildman–Crippen MR) is 140 cm³/mol. The van der Waals surface area contributed by atoms with Gasteiger partial charge in [0.1, 0.15) is 5.75 Å². The van der Waals surface area contributed by atoms with E-state index in [-0.39, 0.29) is 0 Å². The molecule has 0 N–H and O–H groups in total. The van der Waals surface area contributed by atoms with E-state index in [1.807, 2.05) is 29.0 Å². The average Bonchev–Trinajstić information content (AvgIpc) is 3.35. The van der Waals surface area contributed by atoms with Crippen LogP contribution in [-0.4, -0.2) is 95.1 Å². The Labute approximate surface area is 210 Å². The number of rotatable bonds is 5. The zero-order chi connectivity index (χ0) is 24.6. The summed E-state index contributed by atoms with van der Waals surface area (Å²) in [5, 5.41) is 5.53. The number of aldehydes is 1. The van der Waals surface area contributed by atoms with Crippen molar-refractivity contribution < 1.29 is 9.53 Å². The van der Waals surface area contributed by atoms with Crippen molar-refractivity contribution in [1.29, 1.82) is 0 Å². The lowest BCUT2D eigenvalue weighted by Crippen LogP contribution is -2.52. The van der Waals surface area contributed by atoms with Gasteiger partial charge in [0.05, 0.1) is 42.5 Å². The molecule has 1 aromatic carbocycles. The Bertz CT molecular complexity index is 1400. The number of methoxy groups -OCH3 is 1. The van der Waals surface area contributed by atoms with Crippen LogP contribution >= 0.6 is 0 Å². The molecule has 0 radical (unpaired) electrons. The molecule has 3 aromatic heterocycles. The van der Waals surface area contributed by atoms with Crippen molar-refractivity contribution in [3.8, 4) is 16.9 Å². The second-order valence-corrected chi connectivity index (χ2v) is 9.78. The van der Waals surface area contributed by atoms with Crippen LogP contribution in [0.3, 0.4) is 0 Å². The Balaban J connectivity index is 1.25. The summed E-state index contributed by atoms with van der Waals surface area (Å²) in [6.45, 7) is 6.76. The first kappa shape index (κ1) is 22.9. The van der Waals surface area contributed by atoms with Crippen molar-refractivity contribution in [2.24, 2.45) is 0 Å². The van der Waals surface area contributed by atoms with Crippen LogP contribution in [0.4, 0.5) is 5.69 Å². The van der Waals surface area contributed by atoms with E-state index < -0.39 is 0 Å². The van der Waals surface area contributed by atoms with Crippen LogP contribution in [0.2, 0.25) is 0 Å². The van der Waals surface area contributed by atoms with E-state index >= 15 is 0 Å². The molecular weight excluding hydrogens is 454 g/mol. The van der Waals surface area contributed by atoms with Gasteiger partial charge in [-0.25, -0.2) is 9.50 Å². The predicted octanol–water partition coefficient (Wildman–Crippen LogP) is 2.98. The fourth-order valence-corrected chi connectivity index (χ4v) is 5.59. The number of benzene rings is 1. The Hall–Kier alpha value is -3.56. The first-order chi connectivity index (χ1) is 17.6. The first-order valence-corrected chi connectivity index (χ1v) is 12.6. The van der Waals surface area contributed by atoms with Gasteiger partial charge < -0.3 is 14.5 Å². The van der Waals surface area contributed by atoms with Gasteiger partial charge in [0.2, 0.25) is 0 Å². The third kappa shape index (κ3) is 4.08. The standard InChI is InChI=1S/C27H31N7O2/c1-31-9-11-33(12-10-31)20-4-7-32(8-5-20)21-15-29-27-24(16-30-34(27)17-21)22-3-6-28-25-13-19(18-35)26(36-2)14-23(22)25/h3,6,13-18,20H,4-5,7-12H2,1-2H3. The van der Waals surface area contributed by atoms with Gasteiger partial charge in [-0.1, -0.05) is 0 Å². The van der Waals surface area contributed by atoms with E-state index in [0.717, 1.165) is 52.7 Å². The number of hydrogen-bond acceptors (Lipinski definition) is 8. The van der Waals surface area contributed by atoms with Crippen molar-refractivity contribution in [3.05, 3.63) is 48.5 Å². The Morgan fingerprint density at radius 2 is 1.81 bits per heavy atom. The number of fused-ring (bicyclic) bond motifs is 2. The lowest BCUT2D eigenvalue weighted by molar-refractivity contribution is 0.0982. The van der Waals surface area contributed by atoms with E-state index in [1.54, 1.807) is 19.4 Å². The molecule has 9 heteroatoms. The van der Waals surface area contributed by atoms with Crippen molar-refractivity contribution in [2.75, 3.05) is 58.3 Å². The maximum atomic E-state index is 11.5. The molecule has 2 aliphatic heterocycles. The van der Waals surface area contributed by atoms with Gasteiger partial charge in [-0.05, 0) is 43.7 Å². The minimum absolute atomic E-state index is 0.480. The molecule has 4 aromatic rings. The highest BCUT2D eigenvalue weighted by atomic mass is 16.5. The molecule has 0 saturated carbocycles. The molecule has 186 valence electrons. The number of nitrogens with zero attached hydrogens (tertiary/aromatic N) is 7. The zero-order valence-corrected chi connectivity index (χ0v) is 20.8. The van der Waals surface area contributed by atoms with Crippen LogP contribution < -0.4 is 9.64 Å². The fraction of sp³-hybridized carbons (Fsp3) is 0.407. The number of ether oxygens (including phenoxy) is 1. The van der Waals surface area contributed by atoms with Gasteiger partial charge in [-0.2, -0.15) is 5.10 Å². The van der Waals surface area contributed by atoms with Gasteiger partial charge >= 0.3 is 0 Å². The lowest BCUT2D eigenvalue weighted by atomic mass is 10.0. The third-order valence-corrected chi connectivity index (χ3v) is 7.74. The van der Waals surface area contributed by atoms with E-state index in [4.69, 9.17) is 9.72 Å². The maximum absolute atomic E-state index is 11.5. The Morgan fingerprint density at radius 1 is 1.00 bits per heavy atom. The largest absolute Gasteiger partial charge is 0.496 e. The normalized spacial score (nSPS) is 18.2. The summed E-state index contributed by atoms with van der Waals surface area (Å²) in [4.78, 5) is 28.3. The van der Waals surface area contributed by atoms with Gasteiger partial charge in [-0.3, -0.25) is 14.7 Å². The van der Waals surface area contributed by atoms with E-state index in [1.165, 1.54) is 39.0 Å². The summed E-state index contributed by atoms with van der Waals surface area (Å²) < 4.78 is 7.29. The molecule has 2 aliphatic rings. The van der Waals surface area contributed by atoms with E-state index in [9.17, 15) is 4.79 Å². The molecule has 0 aliphatic carbocycles. The van der Waals surface area contributed by atoms with Crippen molar-refractivity contribution in [2.45, 2.75) is 18.9 Å². The van der Waals surface area contributed by atoms with Crippen molar-refractivity contribution in [1.82, 2.24) is 29.4 Å². The van der Waals surface area contributed by atoms with Crippen LogP contribution in [0.1, 0.15) is 23.2 Å². The van der Waals surface area contributed by atoms with Crippen LogP contribution in [0.25, 0.3) is 27.7 Å². The molecule has 0 atom stereocenters. The maximum Gasteiger partial charge on any atom is 0.162 e. The van der Waals surface area contributed by atoms with Crippen LogP contribution in [0.15, 0.2) is 43.0 Å². The number of pyridine rings is 1. The molecule has 2 saturated heterocycles. The molecule has 0 unspecified atom stereocenters. The highest BCUT2D eigenvalue weighted by Crippen LogP contribution is 2.34.